The number of anilines is 3. The average Bonchev–Trinajstić information content (AvgIpc) is 3.85. The number of halogens is 1. The number of carbonyl (C=O) groups excluding carboxylic acids is 5. The molecule has 360 valence electrons. The number of imide groups is 2. The zero-order valence-corrected chi connectivity index (χ0v) is 38.9. The summed E-state index contributed by atoms with van der Waals surface area (Å²) in [4.78, 5) is 99.7. The van der Waals surface area contributed by atoms with E-state index in [9.17, 15) is 38.7 Å². The van der Waals surface area contributed by atoms with Crippen LogP contribution in [0, 0.1) is 11.7 Å². The van der Waals surface area contributed by atoms with Crippen LogP contribution in [0.5, 0.6) is 0 Å². The number of pyridine rings is 2. The highest BCUT2D eigenvalue weighted by Gasteiger charge is 2.46. The number of rotatable bonds is 9. The molecule has 19 nitrogen and oxygen atoms in total. The Morgan fingerprint density at radius 1 is 0.914 bits per heavy atom. The molecule has 4 aliphatic rings. The highest BCUT2D eigenvalue weighted by Crippen LogP contribution is 2.36. The van der Waals surface area contributed by atoms with E-state index >= 15 is 4.39 Å². The second kappa shape index (κ2) is 17.6. The Bertz CT molecular complexity index is 3330. The SMILES string of the molecule is Cn1cc(-c2ccnc(-n3ncc4cc(C(C)(C)C)cc(F)c4c3=O)c2CO)cc(Nc2cc3n(n2)CCN(C(=O)C2CCC(Nc4cccc5c4C(=O)N(C4CCC(=O)NC4=O)C5=O)CC2)C3)c1=O. The fourth-order valence-electron chi connectivity index (χ4n) is 10.1. The minimum atomic E-state index is -1.06. The quantitative estimate of drug-likeness (QED) is 0.147. The number of hydrogen-bond acceptors (Lipinski definition) is 13. The lowest BCUT2D eigenvalue weighted by atomic mass is 9.84. The largest absolute Gasteiger partial charge is 0.392 e. The van der Waals surface area contributed by atoms with E-state index in [0.29, 0.717) is 78.9 Å². The van der Waals surface area contributed by atoms with E-state index < -0.39 is 47.7 Å². The normalized spacial score (nSPS) is 19.3. The fourth-order valence-corrected chi connectivity index (χ4v) is 10.1. The van der Waals surface area contributed by atoms with Crippen molar-refractivity contribution >= 4 is 57.5 Å². The fraction of sp³-hybridized carbons (Fsp3) is 0.360. The summed E-state index contributed by atoms with van der Waals surface area (Å²) in [6, 6.07) is 12.0. The second-order valence-corrected chi connectivity index (χ2v) is 19.4. The van der Waals surface area contributed by atoms with Crippen LogP contribution in [-0.4, -0.2) is 92.2 Å². The number of aromatic nitrogens is 6. The molecule has 1 atom stereocenters. The molecule has 1 aliphatic carbocycles. The smallest absolute Gasteiger partial charge is 0.283 e. The van der Waals surface area contributed by atoms with Crippen LogP contribution in [0.2, 0.25) is 0 Å². The summed E-state index contributed by atoms with van der Waals surface area (Å²) in [5.41, 5.74) is 2.27. The lowest BCUT2D eigenvalue weighted by Gasteiger charge is -2.34. The van der Waals surface area contributed by atoms with Crippen LogP contribution in [0.3, 0.4) is 0 Å². The van der Waals surface area contributed by atoms with Gasteiger partial charge >= 0.3 is 0 Å². The number of fused-ring (bicyclic) bond motifs is 3. The van der Waals surface area contributed by atoms with Crippen LogP contribution in [-0.2, 0) is 46.5 Å². The van der Waals surface area contributed by atoms with Crippen molar-refractivity contribution in [3.05, 3.63) is 122 Å². The maximum absolute atomic E-state index is 15.5. The molecular weight excluding hydrogens is 902 g/mol. The molecule has 1 saturated carbocycles. The van der Waals surface area contributed by atoms with Gasteiger partial charge in [-0.3, -0.25) is 48.5 Å². The Kier molecular flexibility index (Phi) is 11.5. The number of amides is 5. The van der Waals surface area contributed by atoms with Gasteiger partial charge < -0.3 is 25.2 Å². The Morgan fingerprint density at radius 3 is 2.44 bits per heavy atom. The van der Waals surface area contributed by atoms with Crippen molar-refractivity contribution in [2.75, 3.05) is 17.2 Å². The predicted molar refractivity (Wildman–Crippen MR) is 254 cm³/mol. The van der Waals surface area contributed by atoms with Crippen LogP contribution < -0.4 is 27.1 Å². The highest BCUT2D eigenvalue weighted by atomic mass is 19.1. The summed E-state index contributed by atoms with van der Waals surface area (Å²) >= 11 is 0. The lowest BCUT2D eigenvalue weighted by Crippen LogP contribution is -2.54. The van der Waals surface area contributed by atoms with Gasteiger partial charge in [-0.25, -0.2) is 9.37 Å². The number of aryl methyl sites for hydroxylation is 1. The summed E-state index contributed by atoms with van der Waals surface area (Å²) in [6.45, 7) is 6.46. The van der Waals surface area contributed by atoms with Crippen molar-refractivity contribution in [2.24, 2.45) is 13.0 Å². The molecule has 2 aromatic carbocycles. The third-order valence-electron chi connectivity index (χ3n) is 13.9. The molecule has 6 aromatic rings. The zero-order chi connectivity index (χ0) is 49.3. The van der Waals surface area contributed by atoms with Crippen LogP contribution in [0.4, 0.5) is 21.6 Å². The third kappa shape index (κ3) is 8.10. The zero-order valence-electron chi connectivity index (χ0n) is 38.9. The Morgan fingerprint density at radius 2 is 1.70 bits per heavy atom. The van der Waals surface area contributed by atoms with Crippen molar-refractivity contribution in [1.29, 1.82) is 0 Å². The van der Waals surface area contributed by atoms with Crippen LogP contribution >= 0.6 is 0 Å². The standard InChI is InChI=1S/C50H50FN11O8/c1-50(2,3)29-18-27-22-53-62(49(70)41(27)35(51)20-29)43-34(25-63)32(14-15-52-43)28-19-37(47(68)58(4)23-28)55-39-21-31-24-59(16-17-60(31)57-39)45(66)26-8-10-30(11-9-26)54-36-7-5-6-33-42(36)48(69)61(46(33)67)38-12-13-40(64)56-44(38)65/h5-7,14-15,18-23,26,30,38,54,63H,8-13,16-17,24-25H2,1-4H3,(H,55,57)(H,56,64,65). The predicted octanol–water partition coefficient (Wildman–Crippen LogP) is 4.43. The summed E-state index contributed by atoms with van der Waals surface area (Å²) in [5.74, 6) is -2.75. The topological polar surface area (TPSA) is 236 Å². The second-order valence-electron chi connectivity index (χ2n) is 19.4. The van der Waals surface area contributed by atoms with E-state index in [2.05, 4.69) is 26.0 Å². The van der Waals surface area contributed by atoms with Gasteiger partial charge in [-0.1, -0.05) is 26.8 Å². The Balaban J connectivity index is 0.809. The monoisotopic (exact) mass is 951 g/mol. The third-order valence-corrected chi connectivity index (χ3v) is 13.9. The van der Waals surface area contributed by atoms with Gasteiger partial charge in [-0.2, -0.15) is 14.9 Å². The van der Waals surface area contributed by atoms with Gasteiger partial charge in [-0.05, 0) is 85.0 Å². The maximum Gasteiger partial charge on any atom is 0.283 e. The van der Waals surface area contributed by atoms with E-state index in [0.717, 1.165) is 15.3 Å². The van der Waals surface area contributed by atoms with E-state index in [1.807, 2.05) is 25.7 Å². The lowest BCUT2D eigenvalue weighted by molar-refractivity contribution is -0.138. The van der Waals surface area contributed by atoms with Gasteiger partial charge in [0.05, 0.1) is 48.1 Å². The van der Waals surface area contributed by atoms with Gasteiger partial charge in [-0.15, -0.1) is 0 Å². The molecule has 10 rings (SSSR count). The molecule has 0 bridgehead atoms. The van der Waals surface area contributed by atoms with Crippen molar-refractivity contribution in [3.63, 3.8) is 0 Å². The van der Waals surface area contributed by atoms with Crippen LogP contribution in [0.1, 0.15) is 96.8 Å². The van der Waals surface area contributed by atoms with Crippen molar-refractivity contribution in [3.8, 4) is 16.9 Å². The first kappa shape index (κ1) is 45.9. The molecule has 5 amide bonds. The van der Waals surface area contributed by atoms with Gasteiger partial charge in [0.2, 0.25) is 17.7 Å². The summed E-state index contributed by atoms with van der Waals surface area (Å²) in [7, 11) is 1.59. The van der Waals surface area contributed by atoms with E-state index in [-0.39, 0.29) is 75.3 Å². The molecular formula is C50H50FN11O8. The summed E-state index contributed by atoms with van der Waals surface area (Å²) in [5, 5.41) is 28.7. The molecule has 4 N–H and O–H groups in total. The number of aliphatic hydroxyl groups is 1. The van der Waals surface area contributed by atoms with E-state index in [1.165, 1.54) is 23.0 Å². The molecule has 2 fully saturated rings. The molecule has 1 unspecified atom stereocenters. The molecule has 20 heteroatoms. The molecule has 1 saturated heterocycles. The molecule has 3 aliphatic heterocycles. The van der Waals surface area contributed by atoms with E-state index in [1.54, 1.807) is 60.4 Å². The molecule has 7 heterocycles. The Hall–Kier alpha value is -7.87. The van der Waals surface area contributed by atoms with Gasteiger partial charge in [0, 0.05) is 72.6 Å². The number of piperidine rings is 1. The van der Waals surface area contributed by atoms with Gasteiger partial charge in [0.1, 0.15) is 17.5 Å². The number of benzene rings is 2. The molecule has 0 radical (unpaired) electrons. The minimum absolute atomic E-state index is 0.00763. The van der Waals surface area contributed by atoms with Gasteiger partial charge in [0.15, 0.2) is 11.6 Å². The minimum Gasteiger partial charge on any atom is -0.392 e. The number of hydrogen-bond donors (Lipinski definition) is 4. The first-order valence-corrected chi connectivity index (χ1v) is 23.2. The highest BCUT2D eigenvalue weighted by molar-refractivity contribution is 6.25. The first-order valence-electron chi connectivity index (χ1n) is 23.2. The molecule has 70 heavy (non-hydrogen) atoms. The summed E-state index contributed by atoms with van der Waals surface area (Å²) < 4.78 is 19.7. The number of nitrogens with zero attached hydrogens (tertiary/aromatic N) is 8. The summed E-state index contributed by atoms with van der Waals surface area (Å²) in [6.07, 6.45) is 7.04. The number of carbonyl (C=O) groups is 5. The number of nitrogens with one attached hydrogen (secondary N) is 3. The van der Waals surface area contributed by atoms with Crippen LogP contribution in [0.15, 0.2) is 76.7 Å². The maximum atomic E-state index is 15.5. The molecule has 0 spiro atoms. The number of aliphatic hydroxyl groups excluding tert-OH is 1. The van der Waals surface area contributed by atoms with Gasteiger partial charge in [0.25, 0.3) is 22.9 Å². The van der Waals surface area contributed by atoms with Crippen molar-refractivity contribution < 1.29 is 33.5 Å². The van der Waals surface area contributed by atoms with E-state index in [4.69, 9.17) is 5.10 Å². The molecule has 4 aromatic heterocycles. The van der Waals surface area contributed by atoms with Crippen LogP contribution in [0.25, 0.3) is 27.7 Å². The Labute approximate surface area is 399 Å². The average molecular weight is 952 g/mol. The van der Waals surface area contributed by atoms with Crippen molar-refractivity contribution in [1.82, 2.24) is 44.2 Å². The van der Waals surface area contributed by atoms with Crippen molar-refractivity contribution in [2.45, 2.75) is 96.5 Å². The first-order chi connectivity index (χ1) is 33.5.